The summed E-state index contributed by atoms with van der Waals surface area (Å²) in [4.78, 5) is 10.5. The summed E-state index contributed by atoms with van der Waals surface area (Å²) in [6, 6.07) is 5.15. The van der Waals surface area contributed by atoms with Crippen LogP contribution in [0.5, 0.6) is 5.06 Å². The third kappa shape index (κ3) is 1.15. The zero-order valence-corrected chi connectivity index (χ0v) is 7.47. The number of aromatic hydroxyl groups is 1. The molecule has 3 nitrogen and oxygen atoms in total. The van der Waals surface area contributed by atoms with Crippen LogP contribution in [0.2, 0.25) is 0 Å². The van der Waals surface area contributed by atoms with Gasteiger partial charge in [-0.1, -0.05) is 17.4 Å². The predicted octanol–water partition coefficient (Wildman–Crippen LogP) is 2.00. The number of carbonyl (C=O) groups is 1. The third-order valence-corrected chi connectivity index (χ3v) is 2.86. The van der Waals surface area contributed by atoms with Gasteiger partial charge in [0.25, 0.3) is 0 Å². The monoisotopic (exact) mass is 193 g/mol. The average Bonchev–Trinajstić information content (AvgIpc) is 2.43. The Kier molecular flexibility index (Phi) is 1.70. The van der Waals surface area contributed by atoms with E-state index in [4.69, 9.17) is 5.73 Å². The summed E-state index contributed by atoms with van der Waals surface area (Å²) >= 11 is 1.21. The van der Waals surface area contributed by atoms with Gasteiger partial charge in [-0.3, -0.25) is 4.79 Å². The fourth-order valence-electron chi connectivity index (χ4n) is 1.19. The second-order valence-electron chi connectivity index (χ2n) is 2.69. The number of thiophene rings is 1. The number of rotatable bonds is 1. The number of anilines is 1. The van der Waals surface area contributed by atoms with Gasteiger partial charge >= 0.3 is 0 Å². The van der Waals surface area contributed by atoms with Gasteiger partial charge in [0.15, 0.2) is 5.06 Å². The van der Waals surface area contributed by atoms with Gasteiger partial charge < -0.3 is 10.8 Å². The van der Waals surface area contributed by atoms with E-state index in [1.54, 1.807) is 18.2 Å². The van der Waals surface area contributed by atoms with Crippen molar-refractivity contribution in [2.75, 3.05) is 5.73 Å². The fourth-order valence-corrected chi connectivity index (χ4v) is 2.04. The summed E-state index contributed by atoms with van der Waals surface area (Å²) in [5, 5.41) is 10.2. The van der Waals surface area contributed by atoms with Crippen molar-refractivity contribution in [1.29, 1.82) is 0 Å². The van der Waals surface area contributed by atoms with Gasteiger partial charge in [-0.15, -0.1) is 0 Å². The second kappa shape index (κ2) is 2.74. The molecule has 3 N–H and O–H groups in total. The molecule has 1 aromatic heterocycles. The Bertz CT molecular complexity index is 476. The van der Waals surface area contributed by atoms with Crippen molar-refractivity contribution in [3.63, 3.8) is 0 Å². The molecule has 0 aliphatic rings. The minimum absolute atomic E-state index is 0.109. The van der Waals surface area contributed by atoms with Crippen LogP contribution in [0.3, 0.4) is 0 Å². The molecule has 1 aromatic carbocycles. The Hall–Kier alpha value is -1.55. The fraction of sp³-hybridized carbons (Fsp3) is 0. The summed E-state index contributed by atoms with van der Waals surface area (Å²) < 4.78 is 0.889. The Morgan fingerprint density at radius 2 is 2.23 bits per heavy atom. The Balaban J connectivity index is 2.81. The minimum Gasteiger partial charge on any atom is -0.498 e. The molecular weight excluding hydrogens is 186 g/mol. The van der Waals surface area contributed by atoms with Crippen LogP contribution in [0, 0.1) is 0 Å². The van der Waals surface area contributed by atoms with Crippen molar-refractivity contribution >= 4 is 33.4 Å². The maximum absolute atomic E-state index is 10.5. The van der Waals surface area contributed by atoms with Gasteiger partial charge in [0.1, 0.15) is 6.29 Å². The molecule has 0 spiro atoms. The molecule has 0 aliphatic carbocycles. The molecule has 1 heterocycles. The van der Waals surface area contributed by atoms with E-state index in [0.29, 0.717) is 11.3 Å². The summed E-state index contributed by atoms with van der Waals surface area (Å²) in [5.41, 5.74) is 6.52. The highest BCUT2D eigenvalue weighted by atomic mass is 32.1. The van der Waals surface area contributed by atoms with Crippen molar-refractivity contribution in [2.45, 2.75) is 0 Å². The Morgan fingerprint density at radius 3 is 2.92 bits per heavy atom. The highest BCUT2D eigenvalue weighted by molar-refractivity contribution is 7.21. The van der Waals surface area contributed by atoms with E-state index in [2.05, 4.69) is 0 Å². The maximum Gasteiger partial charge on any atom is 0.196 e. The summed E-state index contributed by atoms with van der Waals surface area (Å²) in [6.07, 6.45) is 0.758. The largest absolute Gasteiger partial charge is 0.498 e. The van der Waals surface area contributed by atoms with Gasteiger partial charge in [0, 0.05) is 15.6 Å². The number of aldehydes is 1. The second-order valence-corrected chi connectivity index (χ2v) is 3.72. The van der Waals surface area contributed by atoms with Gasteiger partial charge in [-0.25, -0.2) is 0 Å². The van der Waals surface area contributed by atoms with Crippen LogP contribution < -0.4 is 5.73 Å². The zero-order chi connectivity index (χ0) is 9.42. The SMILES string of the molecule is Nc1c(O)sc2ccc(C=O)cc12. The summed E-state index contributed by atoms with van der Waals surface area (Å²) in [6.45, 7) is 0. The van der Waals surface area contributed by atoms with Gasteiger partial charge in [-0.05, 0) is 12.1 Å². The number of hydrogen-bond donors (Lipinski definition) is 2. The van der Waals surface area contributed by atoms with Crippen molar-refractivity contribution < 1.29 is 9.90 Å². The third-order valence-electron chi connectivity index (χ3n) is 1.87. The number of fused-ring (bicyclic) bond motifs is 1. The molecule has 13 heavy (non-hydrogen) atoms. The predicted molar refractivity (Wildman–Crippen MR) is 53.3 cm³/mol. The van der Waals surface area contributed by atoms with E-state index in [1.165, 1.54) is 11.3 Å². The molecule has 0 saturated carbocycles. The van der Waals surface area contributed by atoms with Crippen LogP contribution in [-0.2, 0) is 0 Å². The Labute approximate surface area is 78.4 Å². The molecule has 0 fully saturated rings. The molecule has 0 unspecified atom stereocenters. The lowest BCUT2D eigenvalue weighted by Gasteiger charge is -1.92. The van der Waals surface area contributed by atoms with E-state index >= 15 is 0 Å². The van der Waals surface area contributed by atoms with E-state index in [1.807, 2.05) is 0 Å². The average molecular weight is 193 g/mol. The molecule has 0 saturated heterocycles. The first kappa shape index (κ1) is 8.07. The standard InChI is InChI=1S/C9H7NO2S/c10-8-6-3-5(4-11)1-2-7(6)13-9(8)12/h1-4,12H,10H2. The van der Waals surface area contributed by atoms with Gasteiger partial charge in [0.2, 0.25) is 0 Å². The lowest BCUT2D eigenvalue weighted by Crippen LogP contribution is -1.83. The minimum atomic E-state index is 0.109. The first-order valence-electron chi connectivity index (χ1n) is 3.68. The van der Waals surface area contributed by atoms with E-state index in [9.17, 15) is 9.90 Å². The lowest BCUT2D eigenvalue weighted by atomic mass is 10.2. The van der Waals surface area contributed by atoms with Crippen molar-refractivity contribution in [2.24, 2.45) is 0 Å². The molecule has 0 atom stereocenters. The van der Waals surface area contributed by atoms with Crippen LogP contribution in [0.1, 0.15) is 10.4 Å². The molecule has 0 aliphatic heterocycles. The number of hydrogen-bond acceptors (Lipinski definition) is 4. The topological polar surface area (TPSA) is 63.3 Å². The van der Waals surface area contributed by atoms with Crippen LogP contribution in [0.4, 0.5) is 5.69 Å². The van der Waals surface area contributed by atoms with E-state index in [-0.39, 0.29) is 5.06 Å². The molecule has 2 rings (SSSR count). The highest BCUT2D eigenvalue weighted by Gasteiger charge is 2.07. The zero-order valence-electron chi connectivity index (χ0n) is 6.65. The van der Waals surface area contributed by atoms with E-state index < -0.39 is 0 Å². The van der Waals surface area contributed by atoms with Crippen molar-refractivity contribution in [3.8, 4) is 5.06 Å². The molecule has 0 amide bonds. The van der Waals surface area contributed by atoms with Gasteiger partial charge in [-0.2, -0.15) is 0 Å². The summed E-state index contributed by atoms with van der Waals surface area (Å²) in [5.74, 6) is 0. The highest BCUT2D eigenvalue weighted by Crippen LogP contribution is 2.38. The molecular formula is C9H7NO2S. The van der Waals surface area contributed by atoms with Crippen LogP contribution >= 0.6 is 11.3 Å². The first-order chi connectivity index (χ1) is 6.22. The van der Waals surface area contributed by atoms with Gasteiger partial charge in [0.05, 0.1) is 5.69 Å². The summed E-state index contributed by atoms with van der Waals surface area (Å²) in [7, 11) is 0. The van der Waals surface area contributed by atoms with Crippen molar-refractivity contribution in [1.82, 2.24) is 0 Å². The van der Waals surface area contributed by atoms with Crippen LogP contribution in [0.15, 0.2) is 18.2 Å². The van der Waals surface area contributed by atoms with Crippen molar-refractivity contribution in [3.05, 3.63) is 23.8 Å². The number of nitrogen functional groups attached to an aromatic ring is 1. The normalized spacial score (nSPS) is 10.5. The Morgan fingerprint density at radius 1 is 1.46 bits per heavy atom. The molecule has 0 bridgehead atoms. The molecule has 4 heteroatoms. The maximum atomic E-state index is 10.5. The van der Waals surface area contributed by atoms with E-state index in [0.717, 1.165) is 16.4 Å². The lowest BCUT2D eigenvalue weighted by molar-refractivity contribution is 0.112. The van der Waals surface area contributed by atoms with Crippen LogP contribution in [0.25, 0.3) is 10.1 Å². The number of carbonyl (C=O) groups excluding carboxylic acids is 1. The smallest absolute Gasteiger partial charge is 0.196 e. The number of benzene rings is 1. The number of nitrogens with two attached hydrogens (primary N) is 1. The molecule has 2 aromatic rings. The molecule has 66 valence electrons. The van der Waals surface area contributed by atoms with Crippen LogP contribution in [-0.4, -0.2) is 11.4 Å². The quantitative estimate of drug-likeness (QED) is 0.681. The first-order valence-corrected chi connectivity index (χ1v) is 4.50. The molecule has 0 radical (unpaired) electrons.